The van der Waals surface area contributed by atoms with Crippen LogP contribution in [0, 0.1) is 0 Å². The third-order valence-electron chi connectivity index (χ3n) is 4.22. The van der Waals surface area contributed by atoms with Crippen molar-refractivity contribution < 1.29 is 14.3 Å². The second-order valence-electron chi connectivity index (χ2n) is 6.27. The molecule has 0 saturated heterocycles. The summed E-state index contributed by atoms with van der Waals surface area (Å²) < 4.78 is 12.4. The third kappa shape index (κ3) is 4.05. The lowest BCUT2D eigenvalue weighted by Crippen LogP contribution is -2.20. The Morgan fingerprint density at radius 2 is 1.96 bits per heavy atom. The summed E-state index contributed by atoms with van der Waals surface area (Å²) in [4.78, 5) is 12.2. The second-order valence-corrected chi connectivity index (χ2v) is 6.27. The van der Waals surface area contributed by atoms with E-state index < -0.39 is 0 Å². The van der Waals surface area contributed by atoms with E-state index in [1.807, 2.05) is 28.9 Å². The number of hydrogen-bond acceptors (Lipinski definition) is 6. The lowest BCUT2D eigenvalue weighted by atomic mass is 10.2. The van der Waals surface area contributed by atoms with Crippen molar-refractivity contribution in [2.75, 3.05) is 19.0 Å². The Kier molecular flexibility index (Phi) is 4.69. The Bertz CT molecular complexity index is 935. The van der Waals surface area contributed by atoms with Gasteiger partial charge in [0, 0.05) is 11.3 Å². The van der Waals surface area contributed by atoms with Crippen LogP contribution in [0.2, 0.25) is 0 Å². The maximum atomic E-state index is 12.2. The molecule has 1 saturated carbocycles. The Morgan fingerprint density at radius 3 is 2.70 bits per heavy atom. The lowest BCUT2D eigenvalue weighted by molar-refractivity contribution is -0.118. The number of tetrazole rings is 1. The van der Waals surface area contributed by atoms with Crippen molar-refractivity contribution in [3.8, 4) is 22.9 Å². The highest BCUT2D eigenvalue weighted by atomic mass is 16.5. The average molecular weight is 365 g/mol. The van der Waals surface area contributed by atoms with E-state index in [2.05, 4.69) is 20.8 Å². The minimum Gasteiger partial charge on any atom is -0.497 e. The fourth-order valence-corrected chi connectivity index (χ4v) is 2.70. The average Bonchev–Trinajstić information content (AvgIpc) is 3.43. The van der Waals surface area contributed by atoms with E-state index in [-0.39, 0.29) is 12.5 Å². The summed E-state index contributed by atoms with van der Waals surface area (Å²) in [7, 11) is 1.60. The molecule has 1 N–H and O–H groups in total. The van der Waals surface area contributed by atoms with E-state index in [1.54, 1.807) is 31.4 Å². The van der Waals surface area contributed by atoms with Gasteiger partial charge in [0.2, 0.25) is 0 Å². The Morgan fingerprint density at radius 1 is 1.19 bits per heavy atom. The number of rotatable bonds is 7. The van der Waals surface area contributed by atoms with Gasteiger partial charge in [0.1, 0.15) is 11.5 Å². The summed E-state index contributed by atoms with van der Waals surface area (Å²) in [5, 5.41) is 14.8. The number of nitrogens with zero attached hydrogens (tertiary/aromatic N) is 4. The van der Waals surface area contributed by atoms with Gasteiger partial charge in [0.05, 0.1) is 13.2 Å². The second kappa shape index (κ2) is 7.45. The smallest absolute Gasteiger partial charge is 0.262 e. The molecule has 1 heterocycles. The first-order valence-corrected chi connectivity index (χ1v) is 8.68. The zero-order valence-corrected chi connectivity index (χ0v) is 14.8. The first kappa shape index (κ1) is 17.0. The number of ether oxygens (including phenoxy) is 2. The minimum absolute atomic E-state index is 0.0869. The molecule has 1 aromatic heterocycles. The van der Waals surface area contributed by atoms with Crippen LogP contribution in [0.1, 0.15) is 18.9 Å². The van der Waals surface area contributed by atoms with Crippen molar-refractivity contribution in [1.29, 1.82) is 0 Å². The number of methoxy groups -OCH3 is 1. The van der Waals surface area contributed by atoms with Crippen molar-refractivity contribution in [2.24, 2.45) is 0 Å². The maximum Gasteiger partial charge on any atom is 0.262 e. The number of carbonyl (C=O) groups is 1. The summed E-state index contributed by atoms with van der Waals surface area (Å²) in [5.41, 5.74) is 1.53. The van der Waals surface area contributed by atoms with Crippen LogP contribution < -0.4 is 14.8 Å². The van der Waals surface area contributed by atoms with Crippen molar-refractivity contribution in [2.45, 2.75) is 18.9 Å². The molecular weight excluding hydrogens is 346 g/mol. The van der Waals surface area contributed by atoms with Gasteiger partial charge in [-0.2, -0.15) is 0 Å². The summed E-state index contributed by atoms with van der Waals surface area (Å²) in [6, 6.07) is 14.9. The van der Waals surface area contributed by atoms with Crippen molar-refractivity contribution in [3.63, 3.8) is 0 Å². The largest absolute Gasteiger partial charge is 0.497 e. The standard InChI is InChI=1S/C19H19N5O3/c1-26-16-7-9-17(10-8-16)27-12-18(25)20-14-4-2-3-13(11-14)19-21-22-23-24(19)15-5-6-15/h2-4,7-11,15H,5-6,12H2,1H3,(H,20,25). The molecule has 8 nitrogen and oxygen atoms in total. The van der Waals surface area contributed by atoms with Gasteiger partial charge in [-0.15, -0.1) is 5.10 Å². The number of anilines is 1. The summed E-state index contributed by atoms with van der Waals surface area (Å²) in [6.07, 6.45) is 2.19. The van der Waals surface area contributed by atoms with E-state index in [0.29, 0.717) is 23.3 Å². The van der Waals surface area contributed by atoms with Crippen LogP contribution in [0.5, 0.6) is 11.5 Å². The zero-order chi connectivity index (χ0) is 18.6. The normalized spacial score (nSPS) is 13.2. The van der Waals surface area contributed by atoms with Crippen LogP contribution in [0.4, 0.5) is 5.69 Å². The molecule has 2 aromatic carbocycles. The van der Waals surface area contributed by atoms with Crippen LogP contribution in [0.25, 0.3) is 11.4 Å². The number of amides is 1. The van der Waals surface area contributed by atoms with Gasteiger partial charge < -0.3 is 14.8 Å². The molecule has 0 aliphatic heterocycles. The maximum absolute atomic E-state index is 12.2. The van der Waals surface area contributed by atoms with Gasteiger partial charge in [-0.1, -0.05) is 12.1 Å². The molecular formula is C19H19N5O3. The molecule has 0 atom stereocenters. The number of aromatic nitrogens is 4. The molecule has 1 amide bonds. The molecule has 0 radical (unpaired) electrons. The van der Waals surface area contributed by atoms with Gasteiger partial charge >= 0.3 is 0 Å². The third-order valence-corrected chi connectivity index (χ3v) is 4.22. The number of nitrogens with one attached hydrogen (secondary N) is 1. The zero-order valence-electron chi connectivity index (χ0n) is 14.8. The highest BCUT2D eigenvalue weighted by Gasteiger charge is 2.28. The van der Waals surface area contributed by atoms with Gasteiger partial charge in [-0.25, -0.2) is 4.68 Å². The molecule has 0 bridgehead atoms. The highest BCUT2D eigenvalue weighted by Crippen LogP contribution is 2.36. The molecule has 0 spiro atoms. The highest BCUT2D eigenvalue weighted by molar-refractivity contribution is 5.92. The molecule has 4 rings (SSSR count). The first-order chi connectivity index (χ1) is 13.2. The number of carbonyl (C=O) groups excluding carboxylic acids is 1. The van der Waals surface area contributed by atoms with Crippen molar-refractivity contribution >= 4 is 11.6 Å². The molecule has 1 aliphatic carbocycles. The van der Waals surface area contributed by atoms with Gasteiger partial charge in [0.25, 0.3) is 5.91 Å². The van der Waals surface area contributed by atoms with Gasteiger partial charge in [0.15, 0.2) is 12.4 Å². The van der Waals surface area contributed by atoms with Gasteiger partial charge in [-0.3, -0.25) is 4.79 Å². The Balaban J connectivity index is 1.38. The van der Waals surface area contributed by atoms with Crippen LogP contribution in [0.15, 0.2) is 48.5 Å². The summed E-state index contributed by atoms with van der Waals surface area (Å²) >= 11 is 0. The predicted octanol–water partition coefficient (Wildman–Crippen LogP) is 2.70. The SMILES string of the molecule is COc1ccc(OCC(=O)Nc2cccc(-c3nnnn3C3CC3)c2)cc1. The van der Waals surface area contributed by atoms with Crippen LogP contribution in [-0.4, -0.2) is 39.8 Å². The lowest BCUT2D eigenvalue weighted by Gasteiger charge is -2.09. The first-order valence-electron chi connectivity index (χ1n) is 8.68. The van der Waals surface area contributed by atoms with Gasteiger partial charge in [-0.05, 0) is 59.7 Å². The molecule has 0 unspecified atom stereocenters. The topological polar surface area (TPSA) is 91.2 Å². The molecule has 1 aliphatic rings. The molecule has 1 fully saturated rings. The fraction of sp³-hybridized carbons (Fsp3) is 0.263. The van der Waals surface area contributed by atoms with Crippen molar-refractivity contribution in [3.05, 3.63) is 48.5 Å². The quantitative estimate of drug-likeness (QED) is 0.692. The summed E-state index contributed by atoms with van der Waals surface area (Å²) in [5.74, 6) is 1.80. The van der Waals surface area contributed by atoms with E-state index in [1.165, 1.54) is 0 Å². The molecule has 3 aromatic rings. The van der Waals surface area contributed by atoms with Crippen molar-refractivity contribution in [1.82, 2.24) is 20.2 Å². The molecule has 8 heteroatoms. The monoisotopic (exact) mass is 365 g/mol. The fourth-order valence-electron chi connectivity index (χ4n) is 2.70. The number of hydrogen-bond donors (Lipinski definition) is 1. The molecule has 138 valence electrons. The van der Waals surface area contributed by atoms with Crippen LogP contribution in [0.3, 0.4) is 0 Å². The van der Waals surface area contributed by atoms with E-state index in [4.69, 9.17) is 9.47 Å². The van der Waals surface area contributed by atoms with Crippen LogP contribution >= 0.6 is 0 Å². The van der Waals surface area contributed by atoms with Crippen LogP contribution in [-0.2, 0) is 4.79 Å². The number of benzene rings is 2. The minimum atomic E-state index is -0.246. The molecule has 27 heavy (non-hydrogen) atoms. The Labute approximate surface area is 156 Å². The summed E-state index contributed by atoms with van der Waals surface area (Å²) in [6.45, 7) is -0.0869. The van der Waals surface area contributed by atoms with E-state index in [0.717, 1.165) is 24.2 Å². The van der Waals surface area contributed by atoms with E-state index in [9.17, 15) is 4.79 Å². The predicted molar refractivity (Wildman–Crippen MR) is 98.6 cm³/mol. The van der Waals surface area contributed by atoms with E-state index >= 15 is 0 Å². The Hall–Kier alpha value is -3.42.